The molecule has 0 aromatic carbocycles. The molecule has 2 saturated heterocycles. The van der Waals surface area contributed by atoms with Gasteiger partial charge >= 0.3 is 0 Å². The molecule has 28 heavy (non-hydrogen) atoms. The molecular formula is C22H40N4O2. The minimum absolute atomic E-state index is 0.348. The van der Waals surface area contributed by atoms with Crippen LogP contribution in [0.3, 0.4) is 0 Å². The van der Waals surface area contributed by atoms with E-state index < -0.39 is 0 Å². The van der Waals surface area contributed by atoms with Gasteiger partial charge in [-0.1, -0.05) is 12.8 Å². The maximum atomic E-state index is 6.06. The summed E-state index contributed by atoms with van der Waals surface area (Å²) in [7, 11) is 1.91. The second kappa shape index (κ2) is 9.31. The molecule has 4 fully saturated rings. The van der Waals surface area contributed by atoms with E-state index in [1.807, 2.05) is 7.05 Å². The van der Waals surface area contributed by atoms with Gasteiger partial charge in [0.2, 0.25) is 0 Å². The smallest absolute Gasteiger partial charge is 0.191 e. The third-order valence-corrected chi connectivity index (χ3v) is 7.69. The number of hydrogen-bond acceptors (Lipinski definition) is 4. The van der Waals surface area contributed by atoms with Gasteiger partial charge in [0.15, 0.2) is 5.96 Å². The number of ether oxygens (including phenoxy) is 2. The van der Waals surface area contributed by atoms with E-state index in [1.165, 1.54) is 64.6 Å². The second-order valence-electron chi connectivity index (χ2n) is 9.34. The van der Waals surface area contributed by atoms with Crippen molar-refractivity contribution in [2.45, 2.75) is 76.5 Å². The van der Waals surface area contributed by atoms with E-state index in [0.29, 0.717) is 23.6 Å². The van der Waals surface area contributed by atoms with Gasteiger partial charge in [0.1, 0.15) is 0 Å². The Morgan fingerprint density at radius 3 is 2.61 bits per heavy atom. The summed E-state index contributed by atoms with van der Waals surface area (Å²) in [5, 5.41) is 7.49. The van der Waals surface area contributed by atoms with Crippen molar-refractivity contribution in [1.82, 2.24) is 15.5 Å². The van der Waals surface area contributed by atoms with Crippen LogP contribution in [0, 0.1) is 11.3 Å². The molecule has 2 aliphatic carbocycles. The van der Waals surface area contributed by atoms with Crippen LogP contribution in [0.1, 0.15) is 58.3 Å². The Morgan fingerprint density at radius 2 is 1.96 bits per heavy atom. The Morgan fingerprint density at radius 1 is 1.18 bits per heavy atom. The molecule has 0 bridgehead atoms. The number of hydrogen-bond donors (Lipinski definition) is 2. The first kappa shape index (κ1) is 20.4. The molecule has 2 N–H and O–H groups in total. The van der Waals surface area contributed by atoms with Crippen LogP contribution in [0.25, 0.3) is 0 Å². The monoisotopic (exact) mass is 392 g/mol. The molecule has 2 heterocycles. The lowest BCUT2D eigenvalue weighted by molar-refractivity contribution is -0.125. The predicted molar refractivity (Wildman–Crippen MR) is 113 cm³/mol. The van der Waals surface area contributed by atoms with E-state index in [0.717, 1.165) is 38.1 Å². The lowest BCUT2D eigenvalue weighted by Crippen LogP contribution is -2.65. The first-order valence-corrected chi connectivity index (χ1v) is 11.6. The molecule has 0 aromatic rings. The van der Waals surface area contributed by atoms with Crippen molar-refractivity contribution in [3.05, 3.63) is 0 Å². The van der Waals surface area contributed by atoms with Gasteiger partial charge in [0, 0.05) is 57.4 Å². The van der Waals surface area contributed by atoms with E-state index in [-0.39, 0.29) is 0 Å². The molecule has 6 heteroatoms. The van der Waals surface area contributed by atoms with Crippen LogP contribution in [0.15, 0.2) is 4.99 Å². The van der Waals surface area contributed by atoms with Crippen LogP contribution in [0.2, 0.25) is 0 Å². The molecule has 2 saturated carbocycles. The molecule has 3 unspecified atom stereocenters. The first-order valence-electron chi connectivity index (χ1n) is 11.6. The van der Waals surface area contributed by atoms with E-state index in [1.54, 1.807) is 0 Å². The maximum absolute atomic E-state index is 6.06. The van der Waals surface area contributed by atoms with E-state index in [2.05, 4.69) is 27.4 Å². The molecule has 4 rings (SSSR count). The van der Waals surface area contributed by atoms with Crippen LogP contribution in [0.5, 0.6) is 0 Å². The highest BCUT2D eigenvalue weighted by Gasteiger charge is 2.57. The average Bonchev–Trinajstić information content (AvgIpc) is 3.41. The number of piperidine rings is 1. The molecule has 0 aromatic heterocycles. The quantitative estimate of drug-likeness (QED) is 0.537. The number of rotatable bonds is 6. The summed E-state index contributed by atoms with van der Waals surface area (Å²) in [6.45, 7) is 8.45. The van der Waals surface area contributed by atoms with Crippen molar-refractivity contribution in [2.24, 2.45) is 16.3 Å². The molecule has 4 aliphatic rings. The van der Waals surface area contributed by atoms with Crippen molar-refractivity contribution in [1.29, 1.82) is 0 Å². The maximum Gasteiger partial charge on any atom is 0.191 e. The second-order valence-corrected chi connectivity index (χ2v) is 9.34. The topological polar surface area (TPSA) is 58.1 Å². The largest absolute Gasteiger partial charge is 0.381 e. The number of nitrogens with one attached hydrogen (secondary N) is 2. The Balaban J connectivity index is 1.23. The highest BCUT2D eigenvalue weighted by Crippen LogP contribution is 2.54. The normalized spacial score (nSPS) is 33.9. The van der Waals surface area contributed by atoms with Gasteiger partial charge in [0.25, 0.3) is 0 Å². The van der Waals surface area contributed by atoms with Gasteiger partial charge in [-0.15, -0.1) is 0 Å². The summed E-state index contributed by atoms with van der Waals surface area (Å²) < 4.78 is 11.6. The highest BCUT2D eigenvalue weighted by molar-refractivity contribution is 5.80. The van der Waals surface area contributed by atoms with Gasteiger partial charge in [-0.25, -0.2) is 0 Å². The van der Waals surface area contributed by atoms with Gasteiger partial charge in [0.05, 0.1) is 12.7 Å². The van der Waals surface area contributed by atoms with Gasteiger partial charge in [-0.3, -0.25) is 4.99 Å². The zero-order chi connectivity index (χ0) is 19.4. The summed E-state index contributed by atoms with van der Waals surface area (Å²) in [4.78, 5) is 7.18. The molecule has 1 spiro atoms. The standard InChI is InChI=1S/C22H40N4O2/c1-3-28-20-14-19(22(20)9-4-5-10-22)25-21(23-2)24-18-6-11-26(12-7-18)15-17-8-13-27-16-17/h17-20H,3-16H2,1-2H3,(H2,23,24,25). The third-order valence-electron chi connectivity index (χ3n) is 7.69. The zero-order valence-corrected chi connectivity index (χ0v) is 17.9. The Hall–Kier alpha value is -0.850. The molecule has 160 valence electrons. The van der Waals surface area contributed by atoms with Crippen molar-refractivity contribution in [3.63, 3.8) is 0 Å². The number of aliphatic imine (C=N–C) groups is 1. The molecular weight excluding hydrogens is 352 g/mol. The molecule has 2 aliphatic heterocycles. The van der Waals surface area contributed by atoms with E-state index in [4.69, 9.17) is 9.47 Å². The van der Waals surface area contributed by atoms with Crippen molar-refractivity contribution < 1.29 is 9.47 Å². The van der Waals surface area contributed by atoms with Crippen LogP contribution in [-0.4, -0.2) is 75.5 Å². The van der Waals surface area contributed by atoms with Crippen LogP contribution >= 0.6 is 0 Å². The van der Waals surface area contributed by atoms with Gasteiger partial charge in [-0.2, -0.15) is 0 Å². The molecule has 3 atom stereocenters. The van der Waals surface area contributed by atoms with Gasteiger partial charge in [-0.05, 0) is 51.4 Å². The minimum Gasteiger partial charge on any atom is -0.381 e. The highest BCUT2D eigenvalue weighted by atomic mass is 16.5. The number of nitrogens with zero attached hydrogens (tertiary/aromatic N) is 2. The fourth-order valence-corrected chi connectivity index (χ4v) is 5.97. The Labute approximate surface area is 170 Å². The van der Waals surface area contributed by atoms with Crippen LogP contribution < -0.4 is 10.6 Å². The fourth-order valence-electron chi connectivity index (χ4n) is 5.97. The van der Waals surface area contributed by atoms with E-state index in [9.17, 15) is 0 Å². The summed E-state index contributed by atoms with van der Waals surface area (Å²) in [6.07, 6.45) is 10.5. The molecule has 0 radical (unpaired) electrons. The van der Waals surface area contributed by atoms with Crippen molar-refractivity contribution in [2.75, 3.05) is 46.5 Å². The van der Waals surface area contributed by atoms with Crippen LogP contribution in [-0.2, 0) is 9.47 Å². The first-order chi connectivity index (χ1) is 13.7. The zero-order valence-electron chi connectivity index (χ0n) is 17.9. The summed E-state index contributed by atoms with van der Waals surface area (Å²) in [6, 6.07) is 1.05. The SMILES string of the molecule is CCOC1CC(NC(=NC)NC2CCN(CC3CCOC3)CC2)C12CCCC2. The minimum atomic E-state index is 0.348. The predicted octanol–water partition coefficient (Wildman–Crippen LogP) is 2.39. The molecule has 0 amide bonds. The summed E-state index contributed by atoms with van der Waals surface area (Å²) in [5.74, 6) is 1.74. The lowest BCUT2D eigenvalue weighted by Gasteiger charge is -2.54. The lowest BCUT2D eigenvalue weighted by atomic mass is 9.60. The summed E-state index contributed by atoms with van der Waals surface area (Å²) >= 11 is 0. The Kier molecular flexibility index (Phi) is 6.79. The third kappa shape index (κ3) is 4.34. The van der Waals surface area contributed by atoms with E-state index >= 15 is 0 Å². The Bertz CT molecular complexity index is 521. The fraction of sp³-hybridized carbons (Fsp3) is 0.955. The molecule has 6 nitrogen and oxygen atoms in total. The van der Waals surface area contributed by atoms with Crippen LogP contribution in [0.4, 0.5) is 0 Å². The summed E-state index contributed by atoms with van der Waals surface area (Å²) in [5.41, 5.74) is 0.348. The van der Waals surface area contributed by atoms with Crippen molar-refractivity contribution in [3.8, 4) is 0 Å². The van der Waals surface area contributed by atoms with Crippen molar-refractivity contribution >= 4 is 5.96 Å². The number of guanidine groups is 1. The number of likely N-dealkylation sites (tertiary alicyclic amines) is 1. The van der Waals surface area contributed by atoms with Gasteiger partial charge < -0.3 is 25.0 Å². The average molecular weight is 393 g/mol.